The van der Waals surface area contributed by atoms with Gasteiger partial charge >= 0.3 is 6.03 Å². The summed E-state index contributed by atoms with van der Waals surface area (Å²) in [5.41, 5.74) is 1.20. The number of amides is 2. The number of carbonyl (C=O) groups is 1. The summed E-state index contributed by atoms with van der Waals surface area (Å²) in [6, 6.07) is 4.00. The Balaban J connectivity index is 2.19. The number of anilines is 1. The standard InChI is InChI=1S/C12H17N3O/c1-9(2)10-4-5-11(13-8-10)15-7-6-14(3)12(15)16/h4-5,8-9H,6-7H2,1-3H3. The van der Waals surface area contributed by atoms with Gasteiger partial charge in [0.1, 0.15) is 5.82 Å². The maximum Gasteiger partial charge on any atom is 0.325 e. The van der Waals surface area contributed by atoms with Crippen LogP contribution in [0.1, 0.15) is 25.3 Å². The molecule has 0 radical (unpaired) electrons. The molecule has 2 rings (SSSR count). The second-order valence-corrected chi connectivity index (χ2v) is 4.46. The van der Waals surface area contributed by atoms with E-state index in [0.717, 1.165) is 18.9 Å². The summed E-state index contributed by atoms with van der Waals surface area (Å²) in [4.78, 5) is 19.5. The monoisotopic (exact) mass is 219 g/mol. The lowest BCUT2D eigenvalue weighted by Crippen LogP contribution is -2.29. The van der Waals surface area contributed by atoms with Crippen molar-refractivity contribution in [2.75, 3.05) is 25.0 Å². The first kappa shape index (κ1) is 10.9. The average molecular weight is 219 g/mol. The Hall–Kier alpha value is -1.58. The van der Waals surface area contributed by atoms with E-state index < -0.39 is 0 Å². The smallest absolute Gasteiger partial charge is 0.325 e. The maximum absolute atomic E-state index is 11.7. The van der Waals surface area contributed by atoms with Crippen molar-refractivity contribution < 1.29 is 4.79 Å². The molecule has 0 atom stereocenters. The highest BCUT2D eigenvalue weighted by Gasteiger charge is 2.27. The molecule has 0 N–H and O–H groups in total. The first-order valence-electron chi connectivity index (χ1n) is 5.58. The first-order valence-corrected chi connectivity index (χ1v) is 5.58. The van der Waals surface area contributed by atoms with Gasteiger partial charge in [-0.15, -0.1) is 0 Å². The van der Waals surface area contributed by atoms with Crippen molar-refractivity contribution in [1.29, 1.82) is 0 Å². The van der Waals surface area contributed by atoms with Crippen molar-refractivity contribution in [3.05, 3.63) is 23.9 Å². The van der Waals surface area contributed by atoms with E-state index in [0.29, 0.717) is 5.92 Å². The molecule has 1 aliphatic heterocycles. The van der Waals surface area contributed by atoms with Gasteiger partial charge in [0.15, 0.2) is 0 Å². The number of hydrogen-bond donors (Lipinski definition) is 0. The second-order valence-electron chi connectivity index (χ2n) is 4.46. The van der Waals surface area contributed by atoms with Gasteiger partial charge < -0.3 is 4.90 Å². The van der Waals surface area contributed by atoms with Crippen molar-refractivity contribution in [2.45, 2.75) is 19.8 Å². The summed E-state index contributed by atoms with van der Waals surface area (Å²) in [5.74, 6) is 1.22. The van der Waals surface area contributed by atoms with Crippen LogP contribution in [0.2, 0.25) is 0 Å². The Kier molecular flexibility index (Phi) is 2.81. The Morgan fingerprint density at radius 3 is 2.50 bits per heavy atom. The van der Waals surface area contributed by atoms with E-state index >= 15 is 0 Å². The summed E-state index contributed by atoms with van der Waals surface area (Å²) in [6.45, 7) is 5.76. The summed E-state index contributed by atoms with van der Waals surface area (Å²) < 4.78 is 0. The van der Waals surface area contributed by atoms with Gasteiger partial charge in [-0.1, -0.05) is 19.9 Å². The largest absolute Gasteiger partial charge is 0.326 e. The molecule has 1 saturated heterocycles. The van der Waals surface area contributed by atoms with Crippen LogP contribution in [-0.2, 0) is 0 Å². The zero-order valence-electron chi connectivity index (χ0n) is 9.97. The van der Waals surface area contributed by atoms with E-state index in [-0.39, 0.29) is 6.03 Å². The lowest BCUT2D eigenvalue weighted by atomic mass is 10.1. The molecule has 1 aromatic rings. The summed E-state index contributed by atoms with van der Waals surface area (Å²) in [5, 5.41) is 0. The predicted octanol–water partition coefficient (Wildman–Crippen LogP) is 2.08. The molecule has 0 bridgehead atoms. The minimum absolute atomic E-state index is 0.0322. The second kappa shape index (κ2) is 4.12. The van der Waals surface area contributed by atoms with E-state index in [1.165, 1.54) is 5.56 Å². The molecule has 1 aliphatic rings. The third kappa shape index (κ3) is 1.87. The zero-order valence-corrected chi connectivity index (χ0v) is 9.97. The molecule has 0 spiro atoms. The van der Waals surface area contributed by atoms with Crippen LogP contribution < -0.4 is 4.90 Å². The van der Waals surface area contributed by atoms with Crippen LogP contribution in [0.5, 0.6) is 0 Å². The normalized spacial score (nSPS) is 16.4. The van der Waals surface area contributed by atoms with Crippen LogP contribution in [0.25, 0.3) is 0 Å². The van der Waals surface area contributed by atoms with Crippen LogP contribution in [-0.4, -0.2) is 36.1 Å². The number of pyridine rings is 1. The molecule has 0 saturated carbocycles. The average Bonchev–Trinajstić information content (AvgIpc) is 2.60. The van der Waals surface area contributed by atoms with Crippen molar-refractivity contribution in [3.8, 4) is 0 Å². The van der Waals surface area contributed by atoms with Crippen LogP contribution in [0.4, 0.5) is 10.6 Å². The summed E-state index contributed by atoms with van der Waals surface area (Å²) in [6.07, 6.45) is 1.85. The topological polar surface area (TPSA) is 36.4 Å². The maximum atomic E-state index is 11.7. The van der Waals surface area contributed by atoms with Gasteiger partial charge in [-0.05, 0) is 17.5 Å². The molecule has 16 heavy (non-hydrogen) atoms. The first-order chi connectivity index (χ1) is 7.59. The van der Waals surface area contributed by atoms with E-state index in [2.05, 4.69) is 18.8 Å². The molecule has 0 aliphatic carbocycles. The molecule has 0 aromatic carbocycles. The molecule has 1 fully saturated rings. The Morgan fingerprint density at radius 1 is 1.31 bits per heavy atom. The van der Waals surface area contributed by atoms with Gasteiger partial charge in [0.25, 0.3) is 0 Å². The number of hydrogen-bond acceptors (Lipinski definition) is 2. The third-order valence-electron chi connectivity index (χ3n) is 2.93. The van der Waals surface area contributed by atoms with Gasteiger partial charge in [0, 0.05) is 26.3 Å². The third-order valence-corrected chi connectivity index (χ3v) is 2.93. The molecule has 0 unspecified atom stereocenters. The fourth-order valence-corrected chi connectivity index (χ4v) is 1.76. The van der Waals surface area contributed by atoms with Crippen LogP contribution in [0, 0.1) is 0 Å². The minimum Gasteiger partial charge on any atom is -0.326 e. The lowest BCUT2D eigenvalue weighted by molar-refractivity contribution is 0.229. The van der Waals surface area contributed by atoms with E-state index in [4.69, 9.17) is 0 Å². The number of carbonyl (C=O) groups excluding carboxylic acids is 1. The van der Waals surface area contributed by atoms with E-state index in [9.17, 15) is 4.79 Å². The molecule has 4 nitrogen and oxygen atoms in total. The van der Waals surface area contributed by atoms with Crippen molar-refractivity contribution in [3.63, 3.8) is 0 Å². The zero-order chi connectivity index (χ0) is 11.7. The molecular formula is C12H17N3O. The number of likely N-dealkylation sites (N-methyl/N-ethyl adjacent to an activating group) is 1. The predicted molar refractivity (Wildman–Crippen MR) is 63.7 cm³/mol. The highest BCUT2D eigenvalue weighted by Crippen LogP contribution is 2.19. The van der Waals surface area contributed by atoms with Crippen LogP contribution >= 0.6 is 0 Å². The molecule has 4 heteroatoms. The lowest BCUT2D eigenvalue weighted by Gasteiger charge is -2.15. The highest BCUT2D eigenvalue weighted by atomic mass is 16.2. The molecular weight excluding hydrogens is 202 g/mol. The van der Waals surface area contributed by atoms with Gasteiger partial charge in [-0.3, -0.25) is 4.90 Å². The Bertz CT molecular complexity index is 386. The van der Waals surface area contributed by atoms with Gasteiger partial charge in [0.2, 0.25) is 0 Å². The highest BCUT2D eigenvalue weighted by molar-refractivity contribution is 5.92. The minimum atomic E-state index is 0.0322. The van der Waals surface area contributed by atoms with Crippen LogP contribution in [0.3, 0.4) is 0 Å². The van der Waals surface area contributed by atoms with E-state index in [1.54, 1.807) is 9.80 Å². The molecule has 86 valence electrons. The van der Waals surface area contributed by atoms with E-state index in [1.807, 2.05) is 25.4 Å². The van der Waals surface area contributed by atoms with Crippen molar-refractivity contribution in [2.24, 2.45) is 0 Å². The number of urea groups is 1. The quantitative estimate of drug-likeness (QED) is 0.763. The fraction of sp³-hybridized carbons (Fsp3) is 0.500. The van der Waals surface area contributed by atoms with Crippen LogP contribution in [0.15, 0.2) is 18.3 Å². The Labute approximate surface area is 95.9 Å². The van der Waals surface area contributed by atoms with Gasteiger partial charge in [-0.25, -0.2) is 9.78 Å². The van der Waals surface area contributed by atoms with Crippen molar-refractivity contribution in [1.82, 2.24) is 9.88 Å². The van der Waals surface area contributed by atoms with Gasteiger partial charge in [0.05, 0.1) is 0 Å². The SMILES string of the molecule is CC(C)c1ccc(N2CCN(C)C2=O)nc1. The molecule has 2 amide bonds. The van der Waals surface area contributed by atoms with Crippen molar-refractivity contribution >= 4 is 11.8 Å². The van der Waals surface area contributed by atoms with Gasteiger partial charge in [-0.2, -0.15) is 0 Å². The summed E-state index contributed by atoms with van der Waals surface area (Å²) >= 11 is 0. The molecule has 1 aromatic heterocycles. The summed E-state index contributed by atoms with van der Waals surface area (Å²) in [7, 11) is 1.81. The number of aromatic nitrogens is 1. The number of rotatable bonds is 2. The molecule has 2 heterocycles. The Morgan fingerprint density at radius 2 is 2.06 bits per heavy atom. The number of nitrogens with zero attached hydrogens (tertiary/aromatic N) is 3. The fourth-order valence-electron chi connectivity index (χ4n) is 1.76.